The molecule has 0 aromatic carbocycles. The molecule has 1 aliphatic rings. The van der Waals surface area contributed by atoms with Gasteiger partial charge >= 0.3 is 0 Å². The van der Waals surface area contributed by atoms with Crippen LogP contribution in [0.25, 0.3) is 0 Å². The monoisotopic (exact) mass is 324 g/mol. The van der Waals surface area contributed by atoms with Crippen LogP contribution in [0, 0.1) is 0 Å². The van der Waals surface area contributed by atoms with Crippen molar-refractivity contribution in [3.05, 3.63) is 0 Å². The summed E-state index contributed by atoms with van der Waals surface area (Å²) < 4.78 is 29.6. The van der Waals surface area contributed by atoms with E-state index >= 15 is 0 Å². The molecule has 0 saturated carbocycles. The van der Waals surface area contributed by atoms with Gasteiger partial charge in [0, 0.05) is 17.9 Å². The van der Waals surface area contributed by atoms with Gasteiger partial charge in [0.25, 0.3) is 10.1 Å². The summed E-state index contributed by atoms with van der Waals surface area (Å²) in [4.78, 5) is 12.0. The van der Waals surface area contributed by atoms with E-state index in [1.165, 1.54) is 0 Å². The fourth-order valence-electron chi connectivity index (χ4n) is 2.38. The molecule has 0 amide bonds. The van der Waals surface area contributed by atoms with Gasteiger partial charge in [0.15, 0.2) is 0 Å². The van der Waals surface area contributed by atoms with Gasteiger partial charge in [-0.25, -0.2) is 3.63 Å². The zero-order valence-corrected chi connectivity index (χ0v) is 14.4. The van der Waals surface area contributed by atoms with Crippen molar-refractivity contribution in [3.63, 3.8) is 0 Å². The lowest BCUT2D eigenvalue weighted by atomic mass is 10.2. The number of unbranched alkanes of at least 4 members (excludes halogenated alkanes) is 2. The molecule has 120 valence electrons. The second-order valence-corrected chi connectivity index (χ2v) is 10.7. The largest absolute Gasteiger partial charge is 0.299 e. The van der Waals surface area contributed by atoms with Gasteiger partial charge < -0.3 is 0 Å². The number of carbonyl (C=O) groups excluding carboxylic acids is 1. The molecule has 0 aromatic heterocycles. The molecule has 0 aromatic rings. The van der Waals surface area contributed by atoms with Gasteiger partial charge in [-0.1, -0.05) is 26.7 Å². The molecule has 1 fully saturated rings. The summed E-state index contributed by atoms with van der Waals surface area (Å²) in [6.45, 7) is 4.01. The van der Waals surface area contributed by atoms with E-state index in [2.05, 4.69) is 6.92 Å². The number of hydrogen-bond acceptors (Lipinski definition) is 4. The van der Waals surface area contributed by atoms with Gasteiger partial charge in [0.1, 0.15) is 5.78 Å². The summed E-state index contributed by atoms with van der Waals surface area (Å²) in [5.41, 5.74) is 0. The summed E-state index contributed by atoms with van der Waals surface area (Å²) in [5.74, 6) is 2.15. The maximum absolute atomic E-state index is 12.0. The Morgan fingerprint density at radius 3 is 2.25 bits per heavy atom. The summed E-state index contributed by atoms with van der Waals surface area (Å²) >= 11 is 0. The molecule has 1 aliphatic heterocycles. The minimum absolute atomic E-state index is 0.0847. The van der Waals surface area contributed by atoms with Crippen LogP contribution >= 0.6 is 10.3 Å². The van der Waals surface area contributed by atoms with Crippen LogP contribution in [0.1, 0.15) is 58.8 Å². The molecular formula is C14H28O4S2. The van der Waals surface area contributed by atoms with E-state index in [1.54, 1.807) is 0 Å². The Hall–Kier alpha value is -0.0700. The highest BCUT2D eigenvalue weighted by Gasteiger charge is 2.36. The highest BCUT2D eigenvalue weighted by molar-refractivity contribution is 8.33. The SMILES string of the molecule is CCCCC(=O)CS1(OS(=O)(=O)CCCC)CCCC1. The van der Waals surface area contributed by atoms with Crippen LogP contribution in [0.5, 0.6) is 0 Å². The standard InChI is InChI=1S/C14H28O4S2/c1-3-5-9-14(15)13-19(10-7-8-11-19)18-20(16,17)12-6-4-2/h3-13H2,1-2H3. The van der Waals surface area contributed by atoms with E-state index in [4.69, 9.17) is 3.63 Å². The van der Waals surface area contributed by atoms with E-state index in [1.807, 2.05) is 6.92 Å². The van der Waals surface area contributed by atoms with Crippen molar-refractivity contribution in [2.24, 2.45) is 0 Å². The summed E-state index contributed by atoms with van der Waals surface area (Å²) in [5, 5.41) is 0. The predicted octanol–water partition coefficient (Wildman–Crippen LogP) is 3.41. The number of Topliss-reactive ketones (excluding diaryl/α,β-unsaturated/α-hetero) is 1. The Balaban J connectivity index is 2.65. The Bertz CT molecular complexity index is 397. The Morgan fingerprint density at radius 1 is 1.10 bits per heavy atom. The molecule has 0 unspecified atom stereocenters. The first-order chi connectivity index (χ1) is 9.43. The van der Waals surface area contributed by atoms with Crippen molar-refractivity contribution in [1.82, 2.24) is 0 Å². The molecule has 0 N–H and O–H groups in total. The molecule has 0 aliphatic carbocycles. The molecular weight excluding hydrogens is 296 g/mol. The van der Waals surface area contributed by atoms with Crippen LogP contribution in [-0.4, -0.2) is 37.2 Å². The van der Waals surface area contributed by atoms with Crippen LogP contribution in [0.3, 0.4) is 0 Å². The molecule has 4 nitrogen and oxygen atoms in total. The van der Waals surface area contributed by atoms with Crippen molar-refractivity contribution in [3.8, 4) is 0 Å². The smallest absolute Gasteiger partial charge is 0.276 e. The maximum atomic E-state index is 12.0. The molecule has 1 heterocycles. The van der Waals surface area contributed by atoms with Gasteiger partial charge in [-0.15, -0.1) is 10.3 Å². The minimum atomic E-state index is -3.47. The first-order valence-electron chi connectivity index (χ1n) is 7.65. The van der Waals surface area contributed by atoms with Crippen molar-refractivity contribution in [1.29, 1.82) is 0 Å². The third kappa shape index (κ3) is 6.14. The van der Waals surface area contributed by atoms with Crippen LogP contribution in [0.4, 0.5) is 0 Å². The molecule has 0 bridgehead atoms. The zero-order valence-electron chi connectivity index (χ0n) is 12.7. The topological polar surface area (TPSA) is 60.4 Å². The number of ketones is 1. The lowest BCUT2D eigenvalue weighted by molar-refractivity contribution is -0.116. The fourth-order valence-corrected chi connectivity index (χ4v) is 8.48. The average molecular weight is 325 g/mol. The third-order valence-electron chi connectivity index (χ3n) is 3.51. The zero-order chi connectivity index (χ0) is 15.1. The number of carbonyl (C=O) groups is 1. The van der Waals surface area contributed by atoms with Crippen molar-refractivity contribution in [2.75, 3.05) is 23.0 Å². The molecule has 0 spiro atoms. The molecule has 1 saturated heterocycles. The first kappa shape index (κ1) is 18.0. The van der Waals surface area contributed by atoms with Crippen molar-refractivity contribution in [2.45, 2.75) is 58.8 Å². The minimum Gasteiger partial charge on any atom is -0.299 e. The van der Waals surface area contributed by atoms with E-state index < -0.39 is 20.4 Å². The third-order valence-corrected chi connectivity index (χ3v) is 9.20. The van der Waals surface area contributed by atoms with Gasteiger partial charge in [-0.3, -0.25) is 4.79 Å². The highest BCUT2D eigenvalue weighted by Crippen LogP contribution is 2.56. The fraction of sp³-hybridized carbons (Fsp3) is 0.929. The summed E-state index contributed by atoms with van der Waals surface area (Å²) in [6.07, 6.45) is 5.87. The van der Waals surface area contributed by atoms with Gasteiger partial charge in [-0.2, -0.15) is 8.42 Å². The quantitative estimate of drug-likeness (QED) is 0.618. The van der Waals surface area contributed by atoms with E-state index in [0.717, 1.165) is 43.6 Å². The van der Waals surface area contributed by atoms with Crippen LogP contribution in [0.15, 0.2) is 0 Å². The average Bonchev–Trinajstić information content (AvgIpc) is 2.81. The normalized spacial score (nSPS) is 19.9. The second kappa shape index (κ2) is 8.39. The van der Waals surface area contributed by atoms with Crippen molar-refractivity contribution < 1.29 is 16.8 Å². The lowest BCUT2D eigenvalue weighted by Gasteiger charge is -2.33. The van der Waals surface area contributed by atoms with Crippen LogP contribution in [0.2, 0.25) is 0 Å². The molecule has 20 heavy (non-hydrogen) atoms. The summed E-state index contributed by atoms with van der Waals surface area (Å²) in [6, 6.07) is 0. The van der Waals surface area contributed by atoms with Crippen LogP contribution < -0.4 is 0 Å². The van der Waals surface area contributed by atoms with E-state index in [0.29, 0.717) is 18.6 Å². The molecule has 0 atom stereocenters. The number of hydrogen-bond donors (Lipinski definition) is 0. The molecule has 0 radical (unpaired) electrons. The predicted molar refractivity (Wildman–Crippen MR) is 85.7 cm³/mol. The summed E-state index contributed by atoms with van der Waals surface area (Å²) in [7, 11) is -5.18. The Morgan fingerprint density at radius 2 is 1.70 bits per heavy atom. The maximum Gasteiger partial charge on any atom is 0.276 e. The first-order valence-corrected chi connectivity index (χ1v) is 11.3. The van der Waals surface area contributed by atoms with Gasteiger partial charge in [0.2, 0.25) is 0 Å². The molecule has 1 rings (SSSR count). The Kier molecular flexibility index (Phi) is 7.54. The lowest BCUT2D eigenvalue weighted by Crippen LogP contribution is -2.22. The number of rotatable bonds is 10. The highest BCUT2D eigenvalue weighted by atomic mass is 32.3. The molecule has 6 heteroatoms. The second-order valence-electron chi connectivity index (χ2n) is 5.55. The van der Waals surface area contributed by atoms with Crippen molar-refractivity contribution >= 4 is 26.2 Å². The van der Waals surface area contributed by atoms with E-state index in [9.17, 15) is 13.2 Å². The van der Waals surface area contributed by atoms with Crippen LogP contribution in [-0.2, 0) is 18.5 Å². The van der Waals surface area contributed by atoms with Gasteiger partial charge in [-0.05, 0) is 25.7 Å². The van der Waals surface area contributed by atoms with Gasteiger partial charge in [0.05, 0.1) is 11.5 Å². The Labute approximate surface area is 125 Å². The van der Waals surface area contributed by atoms with E-state index in [-0.39, 0.29) is 11.5 Å².